The Kier molecular flexibility index (Phi) is 6.18. The van der Waals surface area contributed by atoms with Crippen LogP contribution < -0.4 is 10.6 Å². The van der Waals surface area contributed by atoms with Crippen molar-refractivity contribution in [2.75, 3.05) is 5.32 Å². The van der Waals surface area contributed by atoms with Gasteiger partial charge < -0.3 is 19.9 Å². The van der Waals surface area contributed by atoms with Gasteiger partial charge in [0.15, 0.2) is 0 Å². The van der Waals surface area contributed by atoms with Gasteiger partial charge in [0.1, 0.15) is 18.1 Å². The largest absolute Gasteiger partial charge is 0.443 e. The minimum atomic E-state index is -0.551. The molecule has 1 aliphatic carbocycles. The van der Waals surface area contributed by atoms with Crippen molar-refractivity contribution in [2.24, 2.45) is 14.1 Å². The lowest BCUT2D eigenvalue weighted by molar-refractivity contribution is 0.101. The summed E-state index contributed by atoms with van der Waals surface area (Å²) in [5.74, 6) is -0.875. The second kappa shape index (κ2) is 9.04. The number of halogens is 2. The Balaban J connectivity index is 1.46. The van der Waals surface area contributed by atoms with Crippen LogP contribution in [0.1, 0.15) is 46.2 Å². The highest BCUT2D eigenvalue weighted by Crippen LogP contribution is 2.33. The minimum absolute atomic E-state index is 0.0646. The Morgan fingerprint density at radius 2 is 2.12 bits per heavy atom. The second-order valence-corrected chi connectivity index (χ2v) is 8.16. The Morgan fingerprint density at radius 3 is 2.84 bits per heavy atom. The lowest BCUT2D eigenvalue weighted by atomic mass is 9.89. The molecule has 2 heterocycles. The van der Waals surface area contributed by atoms with Crippen molar-refractivity contribution < 1.29 is 18.7 Å². The molecular weight excluding hydrogens is 437 g/mol. The van der Waals surface area contributed by atoms with Gasteiger partial charge in [-0.2, -0.15) is 5.10 Å². The monoisotopic (exact) mass is 459 g/mol. The van der Waals surface area contributed by atoms with Crippen LogP contribution in [0.5, 0.6) is 0 Å². The molecule has 0 radical (unpaired) electrons. The number of carbonyl (C=O) groups is 2. The van der Waals surface area contributed by atoms with E-state index in [1.54, 1.807) is 35.6 Å². The summed E-state index contributed by atoms with van der Waals surface area (Å²) in [5, 5.41) is 9.78. The van der Waals surface area contributed by atoms with Crippen LogP contribution >= 0.6 is 11.6 Å². The molecule has 1 atom stereocenters. The summed E-state index contributed by atoms with van der Waals surface area (Å²) >= 11 is 5.81. The zero-order chi connectivity index (χ0) is 22.8. The number of ether oxygens (including phenoxy) is 1. The number of amides is 2. The Bertz CT molecular complexity index is 1170. The number of rotatable bonds is 5. The van der Waals surface area contributed by atoms with Gasteiger partial charge in [-0.25, -0.2) is 9.18 Å². The van der Waals surface area contributed by atoms with Crippen molar-refractivity contribution in [3.8, 4) is 0 Å². The summed E-state index contributed by atoms with van der Waals surface area (Å²) < 4.78 is 22.1. The fraction of sp³-hybridized carbons (Fsp3) is 0.318. The molecule has 8 nitrogen and oxygen atoms in total. The molecular formula is C22H23ClFN5O3. The molecule has 0 saturated heterocycles. The van der Waals surface area contributed by atoms with Crippen LogP contribution in [0.3, 0.4) is 0 Å². The predicted molar refractivity (Wildman–Crippen MR) is 117 cm³/mol. The lowest BCUT2D eigenvalue weighted by Gasteiger charge is -2.24. The molecule has 1 unspecified atom stereocenters. The van der Waals surface area contributed by atoms with Crippen molar-refractivity contribution in [1.29, 1.82) is 0 Å². The molecule has 0 bridgehead atoms. The molecule has 2 aromatic heterocycles. The van der Waals surface area contributed by atoms with Crippen molar-refractivity contribution in [2.45, 2.75) is 31.9 Å². The Morgan fingerprint density at radius 1 is 1.31 bits per heavy atom. The molecule has 0 saturated carbocycles. The third-order valence-corrected chi connectivity index (χ3v) is 5.71. The summed E-state index contributed by atoms with van der Waals surface area (Å²) in [6, 6.07) is 5.54. The van der Waals surface area contributed by atoms with E-state index in [4.69, 9.17) is 16.3 Å². The molecule has 0 fully saturated rings. The van der Waals surface area contributed by atoms with Crippen LogP contribution in [0.2, 0.25) is 5.02 Å². The van der Waals surface area contributed by atoms with Gasteiger partial charge in [-0.1, -0.05) is 11.6 Å². The number of nitrogens with zero attached hydrogens (tertiary/aromatic N) is 3. The summed E-state index contributed by atoms with van der Waals surface area (Å²) in [5.41, 5.74) is 3.32. The van der Waals surface area contributed by atoms with Gasteiger partial charge in [-0.05, 0) is 54.7 Å². The number of alkyl carbamates (subject to hydrolysis) is 1. The molecule has 32 heavy (non-hydrogen) atoms. The molecule has 2 N–H and O–H groups in total. The van der Waals surface area contributed by atoms with E-state index in [2.05, 4.69) is 15.7 Å². The fourth-order valence-electron chi connectivity index (χ4n) is 3.98. The molecule has 0 aliphatic heterocycles. The number of nitrogens with one attached hydrogen (secondary N) is 2. The molecule has 168 valence electrons. The summed E-state index contributed by atoms with van der Waals surface area (Å²) in [6.07, 6.45) is 5.36. The third kappa shape index (κ3) is 4.62. The standard InChI is InChI=1S/C22H23ClFN5O3/c1-28-11-16-15(20(28)21(30)25-13-6-7-18(24)17(23)10-13)4-3-5-19(16)26-22(31)32-12-14-8-9-29(2)27-14/h6-11,19H,3-5,12H2,1-2H3,(H,25,30)(H,26,31). The zero-order valence-electron chi connectivity index (χ0n) is 17.7. The van der Waals surface area contributed by atoms with Gasteiger partial charge >= 0.3 is 6.09 Å². The second-order valence-electron chi connectivity index (χ2n) is 7.75. The molecule has 2 amide bonds. The van der Waals surface area contributed by atoms with Crippen LogP contribution in [0.15, 0.2) is 36.7 Å². The quantitative estimate of drug-likeness (QED) is 0.601. The molecule has 3 aromatic rings. The highest BCUT2D eigenvalue weighted by Gasteiger charge is 2.29. The number of anilines is 1. The van der Waals surface area contributed by atoms with E-state index < -0.39 is 11.9 Å². The van der Waals surface area contributed by atoms with Crippen LogP contribution in [-0.2, 0) is 31.9 Å². The number of benzene rings is 1. The number of hydrogen-bond acceptors (Lipinski definition) is 4. The molecule has 1 aromatic carbocycles. The number of hydrogen-bond donors (Lipinski definition) is 2. The molecule has 4 rings (SSSR count). The first kappa shape index (κ1) is 21.9. The summed E-state index contributed by atoms with van der Waals surface area (Å²) in [6.45, 7) is 0.0783. The number of carbonyl (C=O) groups excluding carboxylic acids is 2. The highest BCUT2D eigenvalue weighted by atomic mass is 35.5. The number of fused-ring (bicyclic) bond motifs is 1. The van der Waals surface area contributed by atoms with E-state index in [-0.39, 0.29) is 23.6 Å². The van der Waals surface area contributed by atoms with Gasteiger partial charge in [-0.3, -0.25) is 9.48 Å². The zero-order valence-corrected chi connectivity index (χ0v) is 18.4. The van der Waals surface area contributed by atoms with Crippen molar-refractivity contribution >= 4 is 29.3 Å². The number of aryl methyl sites for hydroxylation is 2. The SMILES string of the molecule is Cn1ccc(COC(=O)NC2CCCc3c2cn(C)c3C(=O)Nc2ccc(F)c(Cl)c2)n1. The van der Waals surface area contributed by atoms with Gasteiger partial charge in [0.2, 0.25) is 0 Å². The smallest absolute Gasteiger partial charge is 0.408 e. The van der Waals surface area contributed by atoms with E-state index in [0.717, 1.165) is 24.0 Å². The van der Waals surface area contributed by atoms with E-state index >= 15 is 0 Å². The summed E-state index contributed by atoms with van der Waals surface area (Å²) in [4.78, 5) is 25.3. The van der Waals surface area contributed by atoms with Crippen LogP contribution in [-0.4, -0.2) is 26.3 Å². The molecule has 1 aliphatic rings. The van der Waals surface area contributed by atoms with E-state index in [9.17, 15) is 14.0 Å². The topological polar surface area (TPSA) is 90.2 Å². The van der Waals surface area contributed by atoms with Gasteiger partial charge in [0.25, 0.3) is 5.91 Å². The van der Waals surface area contributed by atoms with E-state index in [1.165, 1.54) is 18.2 Å². The van der Waals surface area contributed by atoms with Crippen molar-refractivity contribution in [1.82, 2.24) is 19.7 Å². The predicted octanol–water partition coefficient (Wildman–Crippen LogP) is 4.11. The van der Waals surface area contributed by atoms with E-state index in [0.29, 0.717) is 23.5 Å². The van der Waals surface area contributed by atoms with Crippen molar-refractivity contribution in [3.63, 3.8) is 0 Å². The molecule has 0 spiro atoms. The van der Waals surface area contributed by atoms with Crippen LogP contribution in [0.4, 0.5) is 14.9 Å². The van der Waals surface area contributed by atoms with Crippen LogP contribution in [0, 0.1) is 5.82 Å². The summed E-state index contributed by atoms with van der Waals surface area (Å²) in [7, 11) is 3.57. The maximum Gasteiger partial charge on any atom is 0.408 e. The van der Waals surface area contributed by atoms with Crippen LogP contribution in [0.25, 0.3) is 0 Å². The highest BCUT2D eigenvalue weighted by molar-refractivity contribution is 6.31. The van der Waals surface area contributed by atoms with Gasteiger partial charge in [-0.15, -0.1) is 0 Å². The lowest BCUT2D eigenvalue weighted by Crippen LogP contribution is -2.31. The Labute approximate surface area is 189 Å². The Hall–Kier alpha value is -3.33. The normalized spacial score (nSPS) is 15.2. The van der Waals surface area contributed by atoms with Gasteiger partial charge in [0, 0.05) is 32.2 Å². The maximum absolute atomic E-state index is 13.4. The first-order chi connectivity index (χ1) is 15.3. The first-order valence-electron chi connectivity index (χ1n) is 10.2. The van der Waals surface area contributed by atoms with E-state index in [1.807, 2.05) is 6.20 Å². The van der Waals surface area contributed by atoms with Gasteiger partial charge in [0.05, 0.1) is 16.8 Å². The minimum Gasteiger partial charge on any atom is -0.443 e. The van der Waals surface area contributed by atoms with Crippen molar-refractivity contribution in [3.05, 3.63) is 70.0 Å². The number of aromatic nitrogens is 3. The average Bonchev–Trinajstić information content (AvgIpc) is 3.32. The maximum atomic E-state index is 13.4. The molecule has 10 heteroatoms. The fourth-order valence-corrected chi connectivity index (χ4v) is 4.16. The third-order valence-electron chi connectivity index (χ3n) is 5.42. The average molecular weight is 460 g/mol. The first-order valence-corrected chi connectivity index (χ1v) is 10.6.